The molecule has 0 spiro atoms. The van der Waals surface area contributed by atoms with Crippen molar-refractivity contribution in [2.45, 2.75) is 47.2 Å². The molecule has 0 saturated carbocycles. The van der Waals surface area contributed by atoms with Gasteiger partial charge in [0.05, 0.1) is 6.54 Å². The number of halogens is 1. The van der Waals surface area contributed by atoms with Crippen LogP contribution in [0.15, 0.2) is 36.5 Å². The first-order valence-electron chi connectivity index (χ1n) is 9.76. The normalized spacial score (nSPS) is 11.4. The Kier molecular flexibility index (Phi) is 6.35. The summed E-state index contributed by atoms with van der Waals surface area (Å²) in [4.78, 5) is 24.4. The van der Waals surface area contributed by atoms with Crippen LogP contribution in [0.3, 0.4) is 0 Å². The van der Waals surface area contributed by atoms with Gasteiger partial charge in [0.15, 0.2) is 5.65 Å². The fraction of sp³-hybridized carbons (Fsp3) is 0.409. The number of carbonyl (C=O) groups is 1. The van der Waals surface area contributed by atoms with Crippen LogP contribution >= 0.6 is 11.6 Å². The van der Waals surface area contributed by atoms with Crippen LogP contribution in [0.25, 0.3) is 11.2 Å². The summed E-state index contributed by atoms with van der Waals surface area (Å²) in [5, 5.41) is 0.669. The summed E-state index contributed by atoms with van der Waals surface area (Å²) >= 11 is 6.13. The number of benzene rings is 1. The van der Waals surface area contributed by atoms with Crippen LogP contribution < -0.4 is 0 Å². The molecule has 0 bridgehead atoms. The molecule has 0 unspecified atom stereocenters. The molecule has 0 radical (unpaired) electrons. The summed E-state index contributed by atoms with van der Waals surface area (Å²) in [6.07, 6.45) is 2.76. The van der Waals surface area contributed by atoms with E-state index in [1.165, 1.54) is 0 Å². The molecular formula is C22H27ClN4O. The van der Waals surface area contributed by atoms with E-state index in [0.29, 0.717) is 29.6 Å². The number of nitrogens with zero attached hydrogens (tertiary/aromatic N) is 4. The highest BCUT2D eigenvalue weighted by Crippen LogP contribution is 2.20. The summed E-state index contributed by atoms with van der Waals surface area (Å²) in [5.41, 5.74) is 3.29. The summed E-state index contributed by atoms with van der Waals surface area (Å²) in [6, 6.07) is 9.29. The van der Waals surface area contributed by atoms with Crippen LogP contribution in [0.1, 0.15) is 48.9 Å². The Bertz CT molecular complexity index is 980. The van der Waals surface area contributed by atoms with Crippen molar-refractivity contribution in [3.8, 4) is 0 Å². The molecule has 2 heterocycles. The molecule has 0 N–H and O–H groups in total. The molecule has 1 aromatic carbocycles. The van der Waals surface area contributed by atoms with E-state index in [0.717, 1.165) is 35.5 Å². The smallest absolute Gasteiger partial charge is 0.254 e. The molecule has 0 aliphatic carbocycles. The Morgan fingerprint density at radius 3 is 2.75 bits per heavy atom. The highest BCUT2D eigenvalue weighted by Gasteiger charge is 2.21. The fourth-order valence-corrected chi connectivity index (χ4v) is 3.49. The van der Waals surface area contributed by atoms with Crippen molar-refractivity contribution in [1.82, 2.24) is 19.4 Å². The van der Waals surface area contributed by atoms with Crippen molar-refractivity contribution in [2.75, 3.05) is 6.54 Å². The third kappa shape index (κ3) is 4.36. The molecule has 5 nitrogen and oxygen atoms in total. The topological polar surface area (TPSA) is 51.0 Å². The third-order valence-corrected chi connectivity index (χ3v) is 5.06. The molecule has 148 valence electrons. The van der Waals surface area contributed by atoms with E-state index in [2.05, 4.69) is 30.3 Å². The molecule has 2 aromatic heterocycles. The minimum atomic E-state index is -0.00321. The molecule has 3 rings (SSSR count). The quantitative estimate of drug-likeness (QED) is 0.556. The number of aryl methyl sites for hydroxylation is 2. The SMILES string of the molecule is CCCn1c(CN(CC(C)C)C(=O)c2ccc(Cl)c(C)c2)nc2cccnc21. The van der Waals surface area contributed by atoms with Gasteiger partial charge in [-0.2, -0.15) is 0 Å². The maximum atomic E-state index is 13.3. The van der Waals surface area contributed by atoms with Crippen molar-refractivity contribution in [2.24, 2.45) is 5.92 Å². The van der Waals surface area contributed by atoms with E-state index in [-0.39, 0.29) is 5.91 Å². The number of carbonyl (C=O) groups excluding carboxylic acids is 1. The summed E-state index contributed by atoms with van der Waals surface area (Å²) in [5.74, 6) is 1.21. The molecule has 1 amide bonds. The van der Waals surface area contributed by atoms with Gasteiger partial charge in [-0.25, -0.2) is 9.97 Å². The van der Waals surface area contributed by atoms with Gasteiger partial charge in [-0.15, -0.1) is 0 Å². The number of imidazole rings is 1. The van der Waals surface area contributed by atoms with Gasteiger partial charge in [0.1, 0.15) is 11.3 Å². The van der Waals surface area contributed by atoms with E-state index >= 15 is 0 Å². The minimum Gasteiger partial charge on any atom is -0.331 e. The molecule has 0 atom stereocenters. The van der Waals surface area contributed by atoms with Crippen LogP contribution in [0.5, 0.6) is 0 Å². The molecule has 6 heteroatoms. The van der Waals surface area contributed by atoms with Crippen LogP contribution in [0, 0.1) is 12.8 Å². The van der Waals surface area contributed by atoms with Crippen molar-refractivity contribution in [3.63, 3.8) is 0 Å². The number of amides is 1. The lowest BCUT2D eigenvalue weighted by atomic mass is 10.1. The average molecular weight is 399 g/mol. The lowest BCUT2D eigenvalue weighted by Gasteiger charge is -2.25. The Morgan fingerprint density at radius 1 is 1.29 bits per heavy atom. The standard InChI is InChI=1S/C22H27ClN4O/c1-5-11-27-20(25-19-7-6-10-24-21(19)27)14-26(13-15(2)3)22(28)17-8-9-18(23)16(4)12-17/h6-10,12,15H,5,11,13-14H2,1-4H3. The number of rotatable bonds is 7. The largest absolute Gasteiger partial charge is 0.331 e. The number of hydrogen-bond acceptors (Lipinski definition) is 3. The first kappa shape index (κ1) is 20.3. The Hall–Kier alpha value is -2.40. The van der Waals surface area contributed by atoms with E-state index in [4.69, 9.17) is 16.6 Å². The van der Waals surface area contributed by atoms with Gasteiger partial charge in [-0.3, -0.25) is 4.79 Å². The molecule has 0 fully saturated rings. The molecule has 0 aliphatic rings. The summed E-state index contributed by atoms with van der Waals surface area (Å²) in [6.45, 7) is 10.2. The van der Waals surface area contributed by atoms with E-state index in [1.807, 2.05) is 30.0 Å². The van der Waals surface area contributed by atoms with Crippen molar-refractivity contribution in [3.05, 3.63) is 58.5 Å². The Balaban J connectivity index is 1.96. The zero-order valence-corrected chi connectivity index (χ0v) is 17.7. The number of pyridine rings is 1. The fourth-order valence-electron chi connectivity index (χ4n) is 3.38. The molecule has 0 saturated heterocycles. The third-order valence-electron chi connectivity index (χ3n) is 4.64. The van der Waals surface area contributed by atoms with Gasteiger partial charge >= 0.3 is 0 Å². The minimum absolute atomic E-state index is 0.00321. The predicted molar refractivity (Wildman–Crippen MR) is 114 cm³/mol. The lowest BCUT2D eigenvalue weighted by molar-refractivity contribution is 0.0716. The van der Waals surface area contributed by atoms with Crippen molar-refractivity contribution >= 4 is 28.7 Å². The molecule has 0 aliphatic heterocycles. The number of fused-ring (bicyclic) bond motifs is 1. The van der Waals surface area contributed by atoms with Gasteiger partial charge in [-0.1, -0.05) is 32.4 Å². The second kappa shape index (κ2) is 8.74. The van der Waals surface area contributed by atoms with Gasteiger partial charge in [0, 0.05) is 29.9 Å². The first-order valence-corrected chi connectivity index (χ1v) is 10.1. The maximum Gasteiger partial charge on any atom is 0.254 e. The van der Waals surface area contributed by atoms with Crippen LogP contribution in [-0.4, -0.2) is 31.9 Å². The average Bonchev–Trinajstić information content (AvgIpc) is 3.00. The Morgan fingerprint density at radius 2 is 2.07 bits per heavy atom. The van der Waals surface area contributed by atoms with Crippen LogP contribution in [0.4, 0.5) is 0 Å². The lowest BCUT2D eigenvalue weighted by Crippen LogP contribution is -2.34. The van der Waals surface area contributed by atoms with Crippen LogP contribution in [-0.2, 0) is 13.1 Å². The zero-order chi connectivity index (χ0) is 20.3. The first-order chi connectivity index (χ1) is 13.4. The van der Waals surface area contributed by atoms with E-state index in [1.54, 1.807) is 18.3 Å². The molecule has 28 heavy (non-hydrogen) atoms. The second-order valence-corrected chi connectivity index (χ2v) is 7.98. The second-order valence-electron chi connectivity index (χ2n) is 7.57. The van der Waals surface area contributed by atoms with Crippen molar-refractivity contribution in [1.29, 1.82) is 0 Å². The number of aromatic nitrogens is 3. The highest BCUT2D eigenvalue weighted by atomic mass is 35.5. The van der Waals surface area contributed by atoms with E-state index < -0.39 is 0 Å². The van der Waals surface area contributed by atoms with E-state index in [9.17, 15) is 4.79 Å². The maximum absolute atomic E-state index is 13.3. The molecular weight excluding hydrogens is 372 g/mol. The number of hydrogen-bond donors (Lipinski definition) is 0. The van der Waals surface area contributed by atoms with Crippen molar-refractivity contribution < 1.29 is 4.79 Å². The van der Waals surface area contributed by atoms with Gasteiger partial charge < -0.3 is 9.47 Å². The van der Waals surface area contributed by atoms with Crippen LogP contribution in [0.2, 0.25) is 5.02 Å². The molecule has 3 aromatic rings. The highest BCUT2D eigenvalue weighted by molar-refractivity contribution is 6.31. The Labute approximate surface area is 171 Å². The summed E-state index contributed by atoms with van der Waals surface area (Å²) < 4.78 is 2.13. The van der Waals surface area contributed by atoms with Gasteiger partial charge in [-0.05, 0) is 55.2 Å². The summed E-state index contributed by atoms with van der Waals surface area (Å²) in [7, 11) is 0. The predicted octanol–water partition coefficient (Wildman–Crippen LogP) is 5.10. The van der Waals surface area contributed by atoms with Gasteiger partial charge in [0.2, 0.25) is 0 Å². The van der Waals surface area contributed by atoms with Gasteiger partial charge in [0.25, 0.3) is 5.91 Å². The zero-order valence-electron chi connectivity index (χ0n) is 16.9. The monoisotopic (exact) mass is 398 g/mol.